The van der Waals surface area contributed by atoms with Crippen LogP contribution in [0, 0.1) is 17.7 Å². The number of anilines is 1. The normalized spacial score (nSPS) is 9.86. The highest BCUT2D eigenvalue weighted by Gasteiger charge is 2.05. The molecule has 114 valence electrons. The van der Waals surface area contributed by atoms with Crippen molar-refractivity contribution >= 4 is 11.6 Å². The van der Waals surface area contributed by atoms with Gasteiger partial charge in [0.25, 0.3) is 0 Å². The number of hydrogen-bond donors (Lipinski definition) is 2. The molecule has 4 heteroatoms. The van der Waals surface area contributed by atoms with E-state index in [1.165, 1.54) is 37.5 Å². The lowest BCUT2D eigenvalue weighted by Gasteiger charge is -2.06. The predicted octanol–water partition coefficient (Wildman–Crippen LogP) is 3.43. The van der Waals surface area contributed by atoms with E-state index in [2.05, 4.69) is 24.1 Å². The molecular formula is C17H23FN2O. The van der Waals surface area contributed by atoms with Crippen LogP contribution in [-0.4, -0.2) is 12.5 Å². The van der Waals surface area contributed by atoms with Gasteiger partial charge in [0.05, 0.1) is 12.1 Å². The van der Waals surface area contributed by atoms with Crippen molar-refractivity contribution in [3.63, 3.8) is 0 Å². The molecule has 1 rings (SSSR count). The highest BCUT2D eigenvalue weighted by Crippen LogP contribution is 2.15. The van der Waals surface area contributed by atoms with Gasteiger partial charge < -0.3 is 11.1 Å². The summed E-state index contributed by atoms with van der Waals surface area (Å²) in [5, 5.41) is 2.77. The van der Waals surface area contributed by atoms with Crippen molar-refractivity contribution in [1.82, 2.24) is 0 Å². The van der Waals surface area contributed by atoms with E-state index in [9.17, 15) is 9.18 Å². The highest BCUT2D eigenvalue weighted by molar-refractivity contribution is 5.90. The van der Waals surface area contributed by atoms with Crippen LogP contribution in [0.15, 0.2) is 18.2 Å². The molecule has 0 aliphatic rings. The molecule has 0 spiro atoms. The number of halogens is 1. The van der Waals surface area contributed by atoms with E-state index < -0.39 is 5.82 Å². The number of unbranched alkanes of at least 4 members (excludes halogenated alkanes) is 4. The maximum atomic E-state index is 13.5. The fourth-order valence-corrected chi connectivity index (χ4v) is 1.96. The third kappa shape index (κ3) is 6.92. The number of carbonyl (C=O) groups is 1. The minimum atomic E-state index is -0.409. The second kappa shape index (κ2) is 9.95. The molecule has 0 radical (unpaired) electrons. The standard InChI is InChI=1S/C17H23FN2O/c1-2-3-4-5-6-9-17(21)20-15-10-11-16(18)14(13-15)8-7-12-19/h10-11,13H,2-6,9,12,19H2,1H3,(H,20,21). The fourth-order valence-electron chi connectivity index (χ4n) is 1.96. The second-order valence-electron chi connectivity index (χ2n) is 4.91. The molecule has 21 heavy (non-hydrogen) atoms. The lowest BCUT2D eigenvalue weighted by molar-refractivity contribution is -0.116. The van der Waals surface area contributed by atoms with Crippen LogP contribution < -0.4 is 11.1 Å². The quantitative estimate of drug-likeness (QED) is 0.597. The summed E-state index contributed by atoms with van der Waals surface area (Å²) in [7, 11) is 0. The average molecular weight is 290 g/mol. The first kappa shape index (κ1) is 17.2. The number of nitrogens with two attached hydrogens (primary N) is 1. The van der Waals surface area contributed by atoms with E-state index in [4.69, 9.17) is 5.73 Å². The Hall–Kier alpha value is -1.86. The van der Waals surface area contributed by atoms with Gasteiger partial charge in [0.1, 0.15) is 5.82 Å². The molecule has 0 fully saturated rings. The molecule has 0 aliphatic heterocycles. The minimum Gasteiger partial charge on any atom is -0.326 e. The topological polar surface area (TPSA) is 55.1 Å². The molecule has 0 heterocycles. The van der Waals surface area contributed by atoms with Gasteiger partial charge in [-0.25, -0.2) is 4.39 Å². The molecule has 1 aromatic carbocycles. The number of hydrogen-bond acceptors (Lipinski definition) is 2. The van der Waals surface area contributed by atoms with E-state index in [-0.39, 0.29) is 18.0 Å². The van der Waals surface area contributed by atoms with Gasteiger partial charge in [-0.05, 0) is 24.6 Å². The maximum Gasteiger partial charge on any atom is 0.224 e. The summed E-state index contributed by atoms with van der Waals surface area (Å²) >= 11 is 0. The lowest BCUT2D eigenvalue weighted by Crippen LogP contribution is -2.11. The third-order valence-corrected chi connectivity index (χ3v) is 3.08. The zero-order valence-electron chi connectivity index (χ0n) is 12.5. The second-order valence-corrected chi connectivity index (χ2v) is 4.91. The van der Waals surface area contributed by atoms with Gasteiger partial charge in [-0.15, -0.1) is 0 Å². The molecule has 3 N–H and O–H groups in total. The Balaban J connectivity index is 2.48. The number of rotatable bonds is 7. The van der Waals surface area contributed by atoms with E-state index >= 15 is 0 Å². The molecule has 0 saturated carbocycles. The Labute approximate surface area is 126 Å². The third-order valence-electron chi connectivity index (χ3n) is 3.08. The van der Waals surface area contributed by atoms with Crippen LogP contribution in [-0.2, 0) is 4.79 Å². The molecule has 0 aromatic heterocycles. The van der Waals surface area contributed by atoms with Crippen LogP contribution in [0.3, 0.4) is 0 Å². The SMILES string of the molecule is CCCCCCCC(=O)Nc1ccc(F)c(C#CCN)c1. The minimum absolute atomic E-state index is 0.0455. The van der Waals surface area contributed by atoms with Gasteiger partial charge in [0, 0.05) is 12.1 Å². The maximum absolute atomic E-state index is 13.5. The van der Waals surface area contributed by atoms with Crippen LogP contribution >= 0.6 is 0 Å². The molecule has 3 nitrogen and oxygen atoms in total. The van der Waals surface area contributed by atoms with Crippen molar-refractivity contribution in [3.05, 3.63) is 29.6 Å². The smallest absolute Gasteiger partial charge is 0.224 e. The van der Waals surface area contributed by atoms with Crippen molar-refractivity contribution in [2.24, 2.45) is 5.73 Å². The van der Waals surface area contributed by atoms with Gasteiger partial charge in [0.2, 0.25) is 5.91 Å². The molecule has 0 bridgehead atoms. The van der Waals surface area contributed by atoms with Crippen molar-refractivity contribution in [2.75, 3.05) is 11.9 Å². The van der Waals surface area contributed by atoms with Gasteiger partial charge in [-0.2, -0.15) is 0 Å². The van der Waals surface area contributed by atoms with Crippen LogP contribution in [0.2, 0.25) is 0 Å². The van der Waals surface area contributed by atoms with Crippen molar-refractivity contribution in [2.45, 2.75) is 45.4 Å². The molecule has 0 unspecified atom stereocenters. The van der Waals surface area contributed by atoms with Gasteiger partial charge in [-0.1, -0.05) is 44.4 Å². The number of amides is 1. The predicted molar refractivity (Wildman–Crippen MR) is 84.3 cm³/mol. The summed E-state index contributed by atoms with van der Waals surface area (Å²) < 4.78 is 13.5. The molecular weight excluding hydrogens is 267 g/mol. The van der Waals surface area contributed by atoms with Crippen LogP contribution in [0.4, 0.5) is 10.1 Å². The summed E-state index contributed by atoms with van der Waals surface area (Å²) in [6.45, 7) is 2.33. The van der Waals surface area contributed by atoms with Crippen molar-refractivity contribution in [1.29, 1.82) is 0 Å². The monoisotopic (exact) mass is 290 g/mol. The summed E-state index contributed by atoms with van der Waals surface area (Å²) in [4.78, 5) is 11.8. The molecule has 0 saturated heterocycles. The number of benzene rings is 1. The summed E-state index contributed by atoms with van der Waals surface area (Å²) in [5.41, 5.74) is 6.09. The highest BCUT2D eigenvalue weighted by atomic mass is 19.1. The summed E-state index contributed by atoms with van der Waals surface area (Å²) in [5.74, 6) is 4.80. The molecule has 0 aliphatic carbocycles. The van der Waals surface area contributed by atoms with Crippen LogP contribution in [0.1, 0.15) is 51.0 Å². The zero-order chi connectivity index (χ0) is 15.5. The van der Waals surface area contributed by atoms with Crippen molar-refractivity contribution < 1.29 is 9.18 Å². The van der Waals surface area contributed by atoms with E-state index in [0.29, 0.717) is 12.1 Å². The fraction of sp³-hybridized carbons (Fsp3) is 0.471. The summed E-state index contributed by atoms with van der Waals surface area (Å²) in [6, 6.07) is 4.38. The van der Waals surface area contributed by atoms with Gasteiger partial charge in [0.15, 0.2) is 0 Å². The Morgan fingerprint density at radius 2 is 2.05 bits per heavy atom. The molecule has 1 amide bonds. The van der Waals surface area contributed by atoms with Crippen molar-refractivity contribution in [3.8, 4) is 11.8 Å². The Bertz CT molecular complexity index is 517. The van der Waals surface area contributed by atoms with Gasteiger partial charge >= 0.3 is 0 Å². The average Bonchev–Trinajstić information content (AvgIpc) is 2.47. The first-order valence-electron chi connectivity index (χ1n) is 7.45. The van der Waals surface area contributed by atoms with E-state index in [1.54, 1.807) is 0 Å². The lowest BCUT2D eigenvalue weighted by atomic mass is 10.1. The Kier molecular flexibility index (Phi) is 8.15. The summed E-state index contributed by atoms with van der Waals surface area (Å²) in [6.07, 6.45) is 6.01. The van der Waals surface area contributed by atoms with Gasteiger partial charge in [-0.3, -0.25) is 4.79 Å². The Morgan fingerprint density at radius 1 is 1.29 bits per heavy atom. The Morgan fingerprint density at radius 3 is 2.76 bits per heavy atom. The zero-order valence-corrected chi connectivity index (χ0v) is 12.5. The molecule has 0 atom stereocenters. The number of carbonyl (C=O) groups excluding carboxylic acids is 1. The largest absolute Gasteiger partial charge is 0.326 e. The van der Waals surface area contributed by atoms with Crippen LogP contribution in [0.25, 0.3) is 0 Å². The van der Waals surface area contributed by atoms with E-state index in [1.807, 2.05) is 0 Å². The van der Waals surface area contributed by atoms with Crippen LogP contribution in [0.5, 0.6) is 0 Å². The number of nitrogens with one attached hydrogen (secondary N) is 1. The first-order chi connectivity index (χ1) is 10.2. The first-order valence-corrected chi connectivity index (χ1v) is 7.45. The molecule has 1 aromatic rings. The van der Waals surface area contributed by atoms with E-state index in [0.717, 1.165) is 12.8 Å².